The Morgan fingerprint density at radius 3 is 2.67 bits per heavy atom. The Morgan fingerprint density at radius 1 is 1.39 bits per heavy atom. The highest BCUT2D eigenvalue weighted by molar-refractivity contribution is 8.01. The number of rotatable bonds is 3. The van der Waals surface area contributed by atoms with E-state index in [0.29, 0.717) is 11.1 Å². The summed E-state index contributed by atoms with van der Waals surface area (Å²) in [4.78, 5) is 16.6. The second-order valence-corrected chi connectivity index (χ2v) is 6.16. The van der Waals surface area contributed by atoms with Gasteiger partial charge >= 0.3 is 0 Å². The van der Waals surface area contributed by atoms with Gasteiger partial charge in [0.25, 0.3) is 0 Å². The molecule has 1 aromatic heterocycles. The SMILES string of the molecule is CC(=O)c1cc(F)c(C)cc1Sc1nc(C)cs1. The molecule has 2 rings (SSSR count). The van der Waals surface area contributed by atoms with Gasteiger partial charge in [0.1, 0.15) is 5.82 Å². The predicted octanol–water partition coefficient (Wildman–Crippen LogP) is 4.25. The van der Waals surface area contributed by atoms with Crippen LogP contribution in [0, 0.1) is 19.7 Å². The summed E-state index contributed by atoms with van der Waals surface area (Å²) in [7, 11) is 0. The Kier molecular flexibility index (Phi) is 3.82. The average molecular weight is 281 g/mol. The molecule has 0 bridgehead atoms. The van der Waals surface area contributed by atoms with Crippen LogP contribution in [-0.4, -0.2) is 10.8 Å². The molecule has 0 amide bonds. The van der Waals surface area contributed by atoms with Crippen molar-refractivity contribution in [1.29, 1.82) is 0 Å². The maximum absolute atomic E-state index is 13.5. The first kappa shape index (κ1) is 13.2. The molecule has 0 N–H and O–H groups in total. The summed E-state index contributed by atoms with van der Waals surface area (Å²) in [5.74, 6) is -0.482. The molecule has 0 aliphatic rings. The molecule has 0 spiro atoms. The lowest BCUT2D eigenvalue weighted by molar-refractivity contribution is 0.101. The Balaban J connectivity index is 2.42. The van der Waals surface area contributed by atoms with Gasteiger partial charge in [-0.1, -0.05) is 11.8 Å². The summed E-state index contributed by atoms with van der Waals surface area (Å²) in [6.07, 6.45) is 0. The molecule has 5 heteroatoms. The Morgan fingerprint density at radius 2 is 2.11 bits per heavy atom. The zero-order valence-corrected chi connectivity index (χ0v) is 11.9. The topological polar surface area (TPSA) is 30.0 Å². The summed E-state index contributed by atoms with van der Waals surface area (Å²) >= 11 is 2.93. The van der Waals surface area contributed by atoms with Crippen molar-refractivity contribution < 1.29 is 9.18 Å². The van der Waals surface area contributed by atoms with Crippen molar-refractivity contribution in [3.8, 4) is 0 Å². The fourth-order valence-corrected chi connectivity index (χ4v) is 3.54. The molecule has 1 heterocycles. The molecule has 0 saturated carbocycles. The highest BCUT2D eigenvalue weighted by Gasteiger charge is 2.13. The van der Waals surface area contributed by atoms with Gasteiger partial charge in [-0.25, -0.2) is 9.37 Å². The van der Waals surface area contributed by atoms with E-state index in [1.54, 1.807) is 13.0 Å². The summed E-state index contributed by atoms with van der Waals surface area (Å²) in [5, 5.41) is 1.95. The van der Waals surface area contributed by atoms with Crippen LogP contribution in [0.2, 0.25) is 0 Å². The number of hydrogen-bond donors (Lipinski definition) is 0. The van der Waals surface area contributed by atoms with E-state index in [9.17, 15) is 9.18 Å². The first-order chi connectivity index (χ1) is 8.47. The zero-order chi connectivity index (χ0) is 13.3. The quantitative estimate of drug-likeness (QED) is 0.788. The number of aromatic nitrogens is 1. The smallest absolute Gasteiger partial charge is 0.161 e. The summed E-state index contributed by atoms with van der Waals surface area (Å²) in [6, 6.07) is 3.01. The van der Waals surface area contributed by atoms with Gasteiger partial charge in [0, 0.05) is 21.5 Å². The number of aryl methyl sites for hydroxylation is 2. The van der Waals surface area contributed by atoms with E-state index < -0.39 is 0 Å². The highest BCUT2D eigenvalue weighted by Crippen LogP contribution is 2.34. The van der Waals surface area contributed by atoms with Crippen molar-refractivity contribution in [2.24, 2.45) is 0 Å². The van der Waals surface area contributed by atoms with Gasteiger partial charge < -0.3 is 0 Å². The van der Waals surface area contributed by atoms with Gasteiger partial charge in [0.2, 0.25) is 0 Å². The van der Waals surface area contributed by atoms with Crippen LogP contribution in [0.1, 0.15) is 28.5 Å². The zero-order valence-electron chi connectivity index (χ0n) is 10.3. The van der Waals surface area contributed by atoms with Crippen LogP contribution >= 0.6 is 23.1 Å². The molecule has 1 aromatic carbocycles. The summed E-state index contributed by atoms with van der Waals surface area (Å²) < 4.78 is 14.3. The molecule has 0 aliphatic heterocycles. The normalized spacial score (nSPS) is 10.7. The van der Waals surface area contributed by atoms with Crippen molar-refractivity contribution in [3.63, 3.8) is 0 Å². The number of carbonyl (C=O) groups excluding carboxylic acids is 1. The predicted molar refractivity (Wildman–Crippen MR) is 72.1 cm³/mol. The minimum atomic E-state index is -0.347. The largest absolute Gasteiger partial charge is 0.294 e. The third-order valence-corrected chi connectivity index (χ3v) is 4.55. The van der Waals surface area contributed by atoms with Crippen LogP contribution in [-0.2, 0) is 0 Å². The third-order valence-electron chi connectivity index (χ3n) is 2.44. The highest BCUT2D eigenvalue weighted by atomic mass is 32.2. The number of Topliss-reactive ketones (excluding diaryl/α,β-unsaturated/α-hetero) is 1. The van der Waals surface area contributed by atoms with E-state index in [1.165, 1.54) is 36.1 Å². The minimum absolute atomic E-state index is 0.135. The molecule has 0 unspecified atom stereocenters. The lowest BCUT2D eigenvalue weighted by Gasteiger charge is -2.07. The average Bonchev–Trinajstić information content (AvgIpc) is 2.68. The fourth-order valence-electron chi connectivity index (χ4n) is 1.49. The Labute approximate surface area is 113 Å². The number of ketones is 1. The van der Waals surface area contributed by atoms with Crippen molar-refractivity contribution >= 4 is 28.9 Å². The Bertz CT molecular complexity index is 607. The fraction of sp³-hybridized carbons (Fsp3) is 0.231. The lowest BCUT2D eigenvalue weighted by Crippen LogP contribution is -1.98. The molecule has 0 radical (unpaired) electrons. The van der Waals surface area contributed by atoms with E-state index in [0.717, 1.165) is 14.9 Å². The van der Waals surface area contributed by atoms with Crippen molar-refractivity contribution in [2.75, 3.05) is 0 Å². The van der Waals surface area contributed by atoms with Crippen molar-refractivity contribution in [3.05, 3.63) is 40.2 Å². The molecular formula is C13H12FNOS2. The van der Waals surface area contributed by atoms with Gasteiger partial charge in [-0.15, -0.1) is 11.3 Å². The first-order valence-electron chi connectivity index (χ1n) is 5.38. The molecule has 0 saturated heterocycles. The van der Waals surface area contributed by atoms with Crippen LogP contribution in [0.4, 0.5) is 4.39 Å². The summed E-state index contributed by atoms with van der Waals surface area (Å²) in [6.45, 7) is 5.06. The first-order valence-corrected chi connectivity index (χ1v) is 7.08. The minimum Gasteiger partial charge on any atom is -0.294 e. The number of halogens is 1. The Hall–Kier alpha value is -1.20. The number of nitrogens with zero attached hydrogens (tertiary/aromatic N) is 1. The third kappa shape index (κ3) is 2.79. The molecule has 2 nitrogen and oxygen atoms in total. The number of thiazole rings is 1. The van der Waals surface area contributed by atoms with E-state index in [-0.39, 0.29) is 11.6 Å². The van der Waals surface area contributed by atoms with Gasteiger partial charge in [0.05, 0.1) is 0 Å². The molecule has 94 valence electrons. The molecule has 0 fully saturated rings. The van der Waals surface area contributed by atoms with E-state index in [1.807, 2.05) is 12.3 Å². The second-order valence-electron chi connectivity index (χ2n) is 4.01. The molecule has 0 atom stereocenters. The van der Waals surface area contributed by atoms with Gasteiger partial charge in [-0.3, -0.25) is 4.79 Å². The van der Waals surface area contributed by atoms with Crippen molar-refractivity contribution in [2.45, 2.75) is 30.0 Å². The van der Waals surface area contributed by atoms with Crippen LogP contribution in [0.15, 0.2) is 26.7 Å². The molecule has 2 aromatic rings. The molecule has 0 aliphatic carbocycles. The van der Waals surface area contributed by atoms with Crippen molar-refractivity contribution in [1.82, 2.24) is 4.98 Å². The number of hydrogen-bond acceptors (Lipinski definition) is 4. The summed E-state index contributed by atoms with van der Waals surface area (Å²) in [5.41, 5.74) is 1.90. The van der Waals surface area contributed by atoms with E-state index >= 15 is 0 Å². The van der Waals surface area contributed by atoms with E-state index in [2.05, 4.69) is 4.98 Å². The maximum atomic E-state index is 13.5. The van der Waals surface area contributed by atoms with Crippen LogP contribution in [0.3, 0.4) is 0 Å². The van der Waals surface area contributed by atoms with Gasteiger partial charge in [-0.2, -0.15) is 0 Å². The monoisotopic (exact) mass is 281 g/mol. The van der Waals surface area contributed by atoms with E-state index in [4.69, 9.17) is 0 Å². The maximum Gasteiger partial charge on any atom is 0.161 e. The number of benzene rings is 1. The second kappa shape index (κ2) is 5.20. The van der Waals surface area contributed by atoms with Gasteiger partial charge in [0.15, 0.2) is 10.1 Å². The molecule has 18 heavy (non-hydrogen) atoms. The lowest BCUT2D eigenvalue weighted by atomic mass is 10.1. The standard InChI is InChI=1S/C13H12FNOS2/c1-7-4-12(10(9(3)16)5-11(7)14)18-13-15-8(2)6-17-13/h4-6H,1-3H3. The van der Waals surface area contributed by atoms with Crippen LogP contribution in [0.5, 0.6) is 0 Å². The number of carbonyl (C=O) groups is 1. The molecular weight excluding hydrogens is 269 g/mol. The van der Waals surface area contributed by atoms with Crippen LogP contribution < -0.4 is 0 Å². The van der Waals surface area contributed by atoms with Crippen LogP contribution in [0.25, 0.3) is 0 Å². The van der Waals surface area contributed by atoms with Gasteiger partial charge in [-0.05, 0) is 38.5 Å².